The molecular weight excluding hydrogens is 516 g/mol. The molecule has 0 saturated heterocycles. The van der Waals surface area contributed by atoms with Crippen LogP contribution in [-0.4, -0.2) is 47.5 Å². The second-order valence-corrected chi connectivity index (χ2v) is 10.1. The Morgan fingerprint density at radius 2 is 1.81 bits per heavy atom. The zero-order valence-electron chi connectivity index (χ0n) is 20.1. The fraction of sp³-hybridized carbons (Fsp3) is 0.217. The van der Waals surface area contributed by atoms with Crippen LogP contribution in [0.3, 0.4) is 0 Å². The fourth-order valence-electron chi connectivity index (χ4n) is 3.34. The van der Waals surface area contributed by atoms with Crippen molar-refractivity contribution >= 4 is 45.7 Å². The third kappa shape index (κ3) is 6.34. The quantitative estimate of drug-likeness (QED) is 0.184. The number of carbonyl (C=O) groups excluding carboxylic acids is 2. The third-order valence-corrected chi connectivity index (χ3v) is 6.84. The number of hydrogen-bond donors (Lipinski definition) is 2. The van der Waals surface area contributed by atoms with Crippen LogP contribution in [-0.2, 0) is 11.3 Å². The van der Waals surface area contributed by atoms with Crippen LogP contribution in [0.1, 0.15) is 32.3 Å². The molecule has 0 radical (unpaired) electrons. The molecule has 4 aromatic rings. The zero-order chi connectivity index (χ0) is 26.5. The number of nitrogens with one attached hydrogen (secondary N) is 2. The van der Waals surface area contributed by atoms with Crippen LogP contribution in [0.5, 0.6) is 0 Å². The highest BCUT2D eigenvalue weighted by atomic mass is 32.2. The van der Waals surface area contributed by atoms with E-state index in [1.165, 1.54) is 47.4 Å². The highest BCUT2D eigenvalue weighted by Crippen LogP contribution is 2.26. The Hall–Kier alpha value is -4.17. The summed E-state index contributed by atoms with van der Waals surface area (Å²) in [5.41, 5.74) is 2.99. The Morgan fingerprint density at radius 3 is 2.49 bits per heavy atom. The predicted molar refractivity (Wildman–Crippen MR) is 139 cm³/mol. The van der Waals surface area contributed by atoms with Crippen molar-refractivity contribution in [1.82, 2.24) is 30.3 Å². The van der Waals surface area contributed by atoms with Gasteiger partial charge in [0.2, 0.25) is 11.0 Å². The van der Waals surface area contributed by atoms with E-state index in [1.807, 2.05) is 36.6 Å². The number of rotatable bonds is 9. The van der Waals surface area contributed by atoms with Crippen molar-refractivity contribution < 1.29 is 14.5 Å². The molecule has 0 aliphatic rings. The van der Waals surface area contributed by atoms with Gasteiger partial charge < -0.3 is 5.32 Å². The van der Waals surface area contributed by atoms with Crippen molar-refractivity contribution in [1.29, 1.82) is 0 Å². The summed E-state index contributed by atoms with van der Waals surface area (Å²) in [5.74, 6) is -0.140. The minimum absolute atomic E-state index is 0.0486. The number of anilines is 1. The summed E-state index contributed by atoms with van der Waals surface area (Å²) in [4.78, 5) is 35.5. The molecule has 0 spiro atoms. The molecule has 2 aromatic heterocycles. The van der Waals surface area contributed by atoms with E-state index in [0.717, 1.165) is 21.8 Å². The molecule has 12 nitrogen and oxygen atoms in total. The molecular formula is C23H22N8O4S2. The second kappa shape index (κ2) is 11.3. The number of benzene rings is 2. The Labute approximate surface area is 219 Å². The number of hydrogen-bond acceptors (Lipinski definition) is 10. The van der Waals surface area contributed by atoms with Crippen LogP contribution >= 0.6 is 23.1 Å². The van der Waals surface area contributed by atoms with Gasteiger partial charge in [0.25, 0.3) is 11.6 Å². The van der Waals surface area contributed by atoms with Crippen LogP contribution in [0, 0.1) is 30.9 Å². The summed E-state index contributed by atoms with van der Waals surface area (Å²) in [5, 5.41) is 34.4. The summed E-state index contributed by atoms with van der Waals surface area (Å²) in [6, 6.07) is 11.3. The number of aryl methyl sites for hydroxylation is 3. The van der Waals surface area contributed by atoms with Gasteiger partial charge in [-0.05, 0) is 50.1 Å². The summed E-state index contributed by atoms with van der Waals surface area (Å²) < 4.78 is 1.81. The van der Waals surface area contributed by atoms with Crippen molar-refractivity contribution in [2.24, 2.45) is 0 Å². The average molecular weight is 539 g/mol. The molecule has 2 amide bonds. The maximum atomic E-state index is 12.7. The van der Waals surface area contributed by atoms with Gasteiger partial charge in [-0.1, -0.05) is 35.2 Å². The molecule has 14 heteroatoms. The summed E-state index contributed by atoms with van der Waals surface area (Å²) in [7, 11) is 0. The molecule has 0 fully saturated rings. The van der Waals surface area contributed by atoms with Gasteiger partial charge in [0, 0.05) is 17.7 Å². The molecule has 190 valence electrons. The van der Waals surface area contributed by atoms with Gasteiger partial charge >= 0.3 is 0 Å². The molecule has 0 unspecified atom stereocenters. The SMILES string of the molecule is Cc1ccc(C)c(-n2c(CNC(=O)c3ccc([N+](=O)[O-])cc3)nnc2SCC(=O)Nc2nnc(C)s2)c1. The smallest absolute Gasteiger partial charge is 0.269 e. The number of carbonyl (C=O) groups is 2. The Kier molecular flexibility index (Phi) is 7.89. The fourth-order valence-corrected chi connectivity index (χ4v) is 4.71. The maximum Gasteiger partial charge on any atom is 0.269 e. The van der Waals surface area contributed by atoms with E-state index in [9.17, 15) is 19.7 Å². The lowest BCUT2D eigenvalue weighted by Gasteiger charge is -2.14. The highest BCUT2D eigenvalue weighted by Gasteiger charge is 2.19. The van der Waals surface area contributed by atoms with Crippen LogP contribution < -0.4 is 10.6 Å². The molecule has 2 aromatic carbocycles. The lowest BCUT2D eigenvalue weighted by Crippen LogP contribution is -2.24. The number of nitro groups is 1. The van der Waals surface area contributed by atoms with Crippen LogP contribution in [0.2, 0.25) is 0 Å². The lowest BCUT2D eigenvalue weighted by molar-refractivity contribution is -0.384. The van der Waals surface area contributed by atoms with E-state index in [-0.39, 0.29) is 29.5 Å². The molecule has 0 bridgehead atoms. The summed E-state index contributed by atoms with van der Waals surface area (Å²) in [6.45, 7) is 5.77. The van der Waals surface area contributed by atoms with Crippen LogP contribution in [0.25, 0.3) is 5.69 Å². The summed E-state index contributed by atoms with van der Waals surface area (Å²) in [6.07, 6.45) is 0. The third-order valence-electron chi connectivity index (χ3n) is 5.16. The number of aromatic nitrogens is 5. The normalized spacial score (nSPS) is 10.8. The molecule has 0 aliphatic carbocycles. The first-order chi connectivity index (χ1) is 17.7. The van der Waals surface area contributed by atoms with Gasteiger partial charge in [0.15, 0.2) is 11.0 Å². The lowest BCUT2D eigenvalue weighted by atomic mass is 10.1. The molecule has 0 atom stereocenters. The number of amides is 2. The summed E-state index contributed by atoms with van der Waals surface area (Å²) >= 11 is 2.49. The van der Waals surface area contributed by atoms with Crippen molar-refractivity contribution in [2.45, 2.75) is 32.5 Å². The molecule has 2 N–H and O–H groups in total. The minimum atomic E-state index is -0.525. The number of nitrogens with zero attached hydrogens (tertiary/aromatic N) is 6. The second-order valence-electron chi connectivity index (χ2n) is 7.97. The molecule has 37 heavy (non-hydrogen) atoms. The molecule has 2 heterocycles. The van der Waals surface area contributed by atoms with Gasteiger partial charge in [0.1, 0.15) is 5.01 Å². The largest absolute Gasteiger partial charge is 0.345 e. The van der Waals surface area contributed by atoms with E-state index in [2.05, 4.69) is 31.0 Å². The Balaban J connectivity index is 1.53. The zero-order valence-corrected chi connectivity index (χ0v) is 21.7. The van der Waals surface area contributed by atoms with Crippen molar-refractivity contribution in [3.8, 4) is 5.69 Å². The van der Waals surface area contributed by atoms with Gasteiger partial charge in [0.05, 0.1) is 22.9 Å². The minimum Gasteiger partial charge on any atom is -0.345 e. The van der Waals surface area contributed by atoms with Crippen LogP contribution in [0.4, 0.5) is 10.8 Å². The highest BCUT2D eigenvalue weighted by molar-refractivity contribution is 7.99. The first-order valence-corrected chi connectivity index (χ1v) is 12.8. The molecule has 0 aliphatic heterocycles. The van der Waals surface area contributed by atoms with Gasteiger partial charge in [-0.15, -0.1) is 20.4 Å². The Morgan fingerprint density at radius 1 is 1.05 bits per heavy atom. The monoisotopic (exact) mass is 538 g/mol. The van der Waals surface area contributed by atoms with E-state index < -0.39 is 10.8 Å². The maximum absolute atomic E-state index is 12.7. The van der Waals surface area contributed by atoms with E-state index in [1.54, 1.807) is 6.92 Å². The van der Waals surface area contributed by atoms with E-state index >= 15 is 0 Å². The molecule has 4 rings (SSSR count). The van der Waals surface area contributed by atoms with E-state index in [0.29, 0.717) is 16.1 Å². The van der Waals surface area contributed by atoms with Crippen molar-refractivity contribution in [3.05, 3.63) is 80.1 Å². The van der Waals surface area contributed by atoms with Gasteiger partial charge in [-0.25, -0.2) is 0 Å². The number of thioether (sulfide) groups is 1. The van der Waals surface area contributed by atoms with Crippen molar-refractivity contribution in [2.75, 3.05) is 11.1 Å². The number of nitro benzene ring substituents is 1. The van der Waals surface area contributed by atoms with E-state index in [4.69, 9.17) is 0 Å². The first-order valence-electron chi connectivity index (χ1n) is 11.0. The van der Waals surface area contributed by atoms with Crippen molar-refractivity contribution in [3.63, 3.8) is 0 Å². The van der Waals surface area contributed by atoms with Crippen LogP contribution in [0.15, 0.2) is 47.6 Å². The first kappa shape index (κ1) is 25.9. The average Bonchev–Trinajstić information content (AvgIpc) is 3.48. The molecule has 0 saturated carbocycles. The van der Waals surface area contributed by atoms with Gasteiger partial charge in [-0.2, -0.15) is 0 Å². The topological polar surface area (TPSA) is 158 Å². The standard InChI is InChI=1S/C23H22N8O4S2/c1-13-4-5-14(2)18(10-13)30-19(11-24-21(33)16-6-8-17(9-7-16)31(34)35)27-29-23(30)36-12-20(32)25-22-28-26-15(3)37-22/h4-10H,11-12H2,1-3H3,(H,24,33)(H,25,28,32). The van der Waals surface area contributed by atoms with Gasteiger partial charge in [-0.3, -0.25) is 29.6 Å². The Bertz CT molecular complexity index is 1470. The predicted octanol–water partition coefficient (Wildman–Crippen LogP) is 3.61. The number of non-ortho nitro benzene ring substituents is 1.